The van der Waals surface area contributed by atoms with Gasteiger partial charge in [0.25, 0.3) is 0 Å². The van der Waals surface area contributed by atoms with E-state index in [9.17, 15) is 0 Å². The third kappa shape index (κ3) is 3.63. The Kier molecular flexibility index (Phi) is 4.86. The van der Waals surface area contributed by atoms with Crippen molar-refractivity contribution in [1.29, 1.82) is 0 Å². The van der Waals surface area contributed by atoms with Crippen molar-refractivity contribution in [3.63, 3.8) is 0 Å². The smallest absolute Gasteiger partial charge is 0.323 e. The van der Waals surface area contributed by atoms with E-state index >= 15 is 0 Å². The van der Waals surface area contributed by atoms with Gasteiger partial charge >= 0.3 is 6.01 Å². The van der Waals surface area contributed by atoms with Crippen LogP contribution in [0.15, 0.2) is 0 Å². The number of rotatable bonds is 6. The van der Waals surface area contributed by atoms with Crippen molar-refractivity contribution < 1.29 is 4.74 Å². The van der Waals surface area contributed by atoms with E-state index in [1.54, 1.807) is 7.05 Å². The van der Waals surface area contributed by atoms with E-state index in [1.807, 2.05) is 18.7 Å². The molecular weight excluding hydrogens is 250 g/mol. The van der Waals surface area contributed by atoms with Crippen molar-refractivity contribution in [3.05, 3.63) is 0 Å². The van der Waals surface area contributed by atoms with Gasteiger partial charge in [-0.3, -0.25) is 0 Å². The second-order valence-corrected chi connectivity index (χ2v) is 5.37. The highest BCUT2D eigenvalue weighted by Crippen LogP contribution is 2.26. The first-order valence-electron chi connectivity index (χ1n) is 6.24. The molecule has 1 fully saturated rings. The lowest BCUT2D eigenvalue weighted by Crippen LogP contribution is -2.16. The van der Waals surface area contributed by atoms with Crippen LogP contribution >= 0.6 is 11.8 Å². The normalized spacial score (nSPS) is 18.7. The number of anilines is 2. The van der Waals surface area contributed by atoms with E-state index < -0.39 is 0 Å². The first-order chi connectivity index (χ1) is 8.81. The molecule has 1 aliphatic rings. The number of nitrogens with zero attached hydrogens (tertiary/aromatic N) is 3. The fourth-order valence-electron chi connectivity index (χ4n) is 1.75. The summed E-state index contributed by atoms with van der Waals surface area (Å²) in [5, 5.41) is 6.83. The highest BCUT2D eigenvalue weighted by atomic mass is 32.2. The molecule has 1 aromatic rings. The summed E-state index contributed by atoms with van der Waals surface area (Å²) >= 11 is 2.01. The second-order valence-electron chi connectivity index (χ2n) is 3.96. The van der Waals surface area contributed by atoms with Crippen LogP contribution in [0, 0.1) is 0 Å². The van der Waals surface area contributed by atoms with Crippen molar-refractivity contribution in [1.82, 2.24) is 15.0 Å². The van der Waals surface area contributed by atoms with E-state index in [-0.39, 0.29) is 0 Å². The second kappa shape index (κ2) is 6.63. The van der Waals surface area contributed by atoms with Gasteiger partial charge in [-0.1, -0.05) is 0 Å². The van der Waals surface area contributed by atoms with Crippen molar-refractivity contribution in [2.45, 2.75) is 25.0 Å². The molecule has 0 amide bonds. The Morgan fingerprint density at radius 2 is 2.17 bits per heavy atom. The van der Waals surface area contributed by atoms with Crippen LogP contribution in [-0.2, 0) is 0 Å². The third-order valence-electron chi connectivity index (χ3n) is 2.62. The van der Waals surface area contributed by atoms with Crippen molar-refractivity contribution in [2.24, 2.45) is 0 Å². The van der Waals surface area contributed by atoms with E-state index in [1.165, 1.54) is 18.6 Å². The average molecular weight is 269 g/mol. The van der Waals surface area contributed by atoms with Crippen LogP contribution < -0.4 is 15.4 Å². The van der Waals surface area contributed by atoms with Crippen LogP contribution in [0.4, 0.5) is 11.9 Å². The largest absolute Gasteiger partial charge is 0.464 e. The molecule has 100 valence electrons. The predicted octanol–water partition coefficient (Wildman–Crippen LogP) is 1.62. The number of thioether (sulfide) groups is 1. The molecule has 18 heavy (non-hydrogen) atoms. The molecule has 2 N–H and O–H groups in total. The van der Waals surface area contributed by atoms with Gasteiger partial charge in [0.1, 0.15) is 0 Å². The van der Waals surface area contributed by atoms with Gasteiger partial charge in [-0.2, -0.15) is 26.7 Å². The lowest BCUT2D eigenvalue weighted by atomic mass is 10.2. The van der Waals surface area contributed by atoms with Crippen LogP contribution in [0.1, 0.15) is 19.8 Å². The van der Waals surface area contributed by atoms with Crippen molar-refractivity contribution in [2.75, 3.05) is 36.6 Å². The molecule has 1 saturated heterocycles. The first kappa shape index (κ1) is 13.2. The maximum absolute atomic E-state index is 5.31. The summed E-state index contributed by atoms with van der Waals surface area (Å²) in [6, 6.07) is 0.360. The Balaban J connectivity index is 1.98. The minimum absolute atomic E-state index is 0.360. The van der Waals surface area contributed by atoms with Gasteiger partial charge in [-0.25, -0.2) is 0 Å². The third-order valence-corrected chi connectivity index (χ3v) is 4.02. The molecular formula is C11H19N5OS. The molecule has 1 unspecified atom stereocenters. The van der Waals surface area contributed by atoms with Gasteiger partial charge in [-0.05, 0) is 25.5 Å². The van der Waals surface area contributed by atoms with E-state index in [0.717, 1.165) is 6.54 Å². The van der Waals surface area contributed by atoms with Gasteiger partial charge < -0.3 is 15.4 Å². The van der Waals surface area contributed by atoms with Gasteiger partial charge in [0, 0.05) is 18.8 Å². The number of hydrogen-bond donors (Lipinski definition) is 2. The minimum atomic E-state index is 0.360. The van der Waals surface area contributed by atoms with Crippen LogP contribution in [0.2, 0.25) is 0 Å². The van der Waals surface area contributed by atoms with Crippen LogP contribution in [0.5, 0.6) is 6.01 Å². The number of hydrogen-bond acceptors (Lipinski definition) is 7. The Morgan fingerprint density at radius 1 is 1.33 bits per heavy atom. The summed E-state index contributed by atoms with van der Waals surface area (Å²) in [4.78, 5) is 12.6. The minimum Gasteiger partial charge on any atom is -0.464 e. The fourth-order valence-corrected chi connectivity index (χ4v) is 2.95. The lowest BCUT2D eigenvalue weighted by Gasteiger charge is -2.11. The average Bonchev–Trinajstić information content (AvgIpc) is 2.89. The quantitative estimate of drug-likeness (QED) is 0.813. The zero-order valence-corrected chi connectivity index (χ0v) is 11.6. The fraction of sp³-hybridized carbons (Fsp3) is 0.727. The molecule has 2 rings (SSSR count). The highest BCUT2D eigenvalue weighted by molar-refractivity contribution is 8.00. The van der Waals surface area contributed by atoms with Gasteiger partial charge in [-0.15, -0.1) is 0 Å². The maximum Gasteiger partial charge on any atom is 0.323 e. The predicted molar refractivity (Wildman–Crippen MR) is 74.5 cm³/mol. The van der Waals surface area contributed by atoms with Gasteiger partial charge in [0.15, 0.2) is 0 Å². The van der Waals surface area contributed by atoms with E-state index in [0.29, 0.717) is 29.8 Å². The standard InChI is InChI=1S/C11H19N5OS/c1-3-17-11-15-9(12-2)14-10(16-11)13-7-8-5-4-6-18-8/h8H,3-7H2,1-2H3,(H2,12,13,14,15,16). The Morgan fingerprint density at radius 3 is 2.83 bits per heavy atom. The van der Waals surface area contributed by atoms with Crippen LogP contribution in [-0.4, -0.2) is 46.2 Å². The SMILES string of the molecule is CCOc1nc(NC)nc(NCC2CCCS2)n1. The summed E-state index contributed by atoms with van der Waals surface area (Å²) in [6.45, 7) is 3.35. The van der Waals surface area contributed by atoms with E-state index in [2.05, 4.69) is 25.6 Å². The van der Waals surface area contributed by atoms with Gasteiger partial charge in [0.05, 0.1) is 6.61 Å². The zero-order valence-electron chi connectivity index (χ0n) is 10.8. The van der Waals surface area contributed by atoms with Crippen molar-refractivity contribution in [3.8, 4) is 6.01 Å². The molecule has 0 aliphatic carbocycles. The van der Waals surface area contributed by atoms with Crippen LogP contribution in [0.25, 0.3) is 0 Å². The summed E-state index contributed by atoms with van der Waals surface area (Å²) in [5.41, 5.74) is 0. The zero-order chi connectivity index (χ0) is 12.8. The Labute approximate surface area is 111 Å². The molecule has 1 aromatic heterocycles. The molecule has 0 bridgehead atoms. The molecule has 0 saturated carbocycles. The first-order valence-corrected chi connectivity index (χ1v) is 7.28. The molecule has 0 spiro atoms. The molecule has 2 heterocycles. The maximum atomic E-state index is 5.31. The van der Waals surface area contributed by atoms with Crippen molar-refractivity contribution >= 4 is 23.7 Å². The number of aromatic nitrogens is 3. The summed E-state index contributed by atoms with van der Waals surface area (Å²) in [5.74, 6) is 2.36. The van der Waals surface area contributed by atoms with Gasteiger partial charge in [0.2, 0.25) is 11.9 Å². The summed E-state index contributed by atoms with van der Waals surface area (Å²) in [6.07, 6.45) is 2.57. The molecule has 1 atom stereocenters. The van der Waals surface area contributed by atoms with Crippen LogP contribution in [0.3, 0.4) is 0 Å². The molecule has 0 aromatic carbocycles. The molecule has 7 heteroatoms. The molecule has 1 aliphatic heterocycles. The Bertz CT molecular complexity index is 384. The molecule has 6 nitrogen and oxygen atoms in total. The summed E-state index contributed by atoms with van der Waals surface area (Å²) < 4.78 is 5.31. The number of ether oxygens (including phenoxy) is 1. The highest BCUT2D eigenvalue weighted by Gasteiger charge is 2.16. The topological polar surface area (TPSA) is 72.0 Å². The van der Waals surface area contributed by atoms with E-state index in [4.69, 9.17) is 4.74 Å². The Hall–Kier alpha value is -1.24. The monoisotopic (exact) mass is 269 g/mol. The lowest BCUT2D eigenvalue weighted by molar-refractivity contribution is 0.312. The number of nitrogens with one attached hydrogen (secondary N) is 2. The molecule has 0 radical (unpaired) electrons. The summed E-state index contributed by atoms with van der Waals surface area (Å²) in [7, 11) is 1.78.